The smallest absolute Gasteiger partial charge is 0.0705 e. The highest BCUT2D eigenvalue weighted by Crippen LogP contribution is 2.11. The summed E-state index contributed by atoms with van der Waals surface area (Å²) in [5.41, 5.74) is 2.17. The largest absolute Gasteiger partial charge is 0.315 e. The summed E-state index contributed by atoms with van der Waals surface area (Å²) in [6.07, 6.45) is 1.18. The van der Waals surface area contributed by atoms with Crippen LogP contribution >= 0.6 is 0 Å². The first-order chi connectivity index (χ1) is 9.29. The molecule has 2 N–H and O–H groups in total. The zero-order valence-electron chi connectivity index (χ0n) is 11.8. The minimum atomic E-state index is 0.458. The van der Waals surface area contributed by atoms with Gasteiger partial charge in [-0.05, 0) is 32.0 Å². The van der Waals surface area contributed by atoms with Crippen molar-refractivity contribution in [2.24, 2.45) is 0 Å². The molecule has 0 radical (unpaired) electrons. The predicted octanol–water partition coefficient (Wildman–Crippen LogP) is 2.71. The van der Waals surface area contributed by atoms with E-state index in [1.165, 1.54) is 11.8 Å². The lowest BCUT2D eigenvalue weighted by molar-refractivity contribution is 0.498. The summed E-state index contributed by atoms with van der Waals surface area (Å²) >= 11 is 0. The van der Waals surface area contributed by atoms with Crippen molar-refractivity contribution in [2.45, 2.75) is 32.9 Å². The molecule has 3 nitrogen and oxygen atoms in total. The van der Waals surface area contributed by atoms with E-state index in [0.717, 1.165) is 30.8 Å². The van der Waals surface area contributed by atoms with E-state index in [4.69, 9.17) is 0 Å². The molecule has 0 aliphatic heterocycles. The second-order valence-electron chi connectivity index (χ2n) is 4.98. The highest BCUT2D eigenvalue weighted by molar-refractivity contribution is 5.78. The van der Waals surface area contributed by atoms with Crippen molar-refractivity contribution in [2.75, 3.05) is 13.1 Å². The van der Waals surface area contributed by atoms with Crippen LogP contribution in [0.2, 0.25) is 0 Å². The Balaban J connectivity index is 1.87. The molecule has 0 aliphatic carbocycles. The van der Waals surface area contributed by atoms with Gasteiger partial charge < -0.3 is 10.6 Å². The summed E-state index contributed by atoms with van der Waals surface area (Å²) in [5, 5.41) is 8.11. The van der Waals surface area contributed by atoms with Crippen molar-refractivity contribution in [3.05, 3.63) is 42.1 Å². The van der Waals surface area contributed by atoms with E-state index in [2.05, 4.69) is 53.7 Å². The van der Waals surface area contributed by atoms with Crippen LogP contribution in [0, 0.1) is 0 Å². The van der Waals surface area contributed by atoms with Crippen LogP contribution in [-0.4, -0.2) is 24.1 Å². The van der Waals surface area contributed by atoms with Crippen LogP contribution in [0.3, 0.4) is 0 Å². The number of fused-ring (bicyclic) bond motifs is 1. The van der Waals surface area contributed by atoms with Gasteiger partial charge >= 0.3 is 0 Å². The number of pyridine rings is 1. The maximum atomic E-state index is 4.66. The lowest BCUT2D eigenvalue weighted by atomic mass is 10.2. The molecule has 3 heteroatoms. The number of hydrogen-bond donors (Lipinski definition) is 2. The van der Waals surface area contributed by atoms with Gasteiger partial charge in [-0.1, -0.05) is 31.2 Å². The minimum Gasteiger partial charge on any atom is -0.315 e. The minimum absolute atomic E-state index is 0.458. The lowest BCUT2D eigenvalue weighted by Crippen LogP contribution is -2.36. The number of aromatic nitrogens is 1. The molecule has 0 fully saturated rings. The van der Waals surface area contributed by atoms with Crippen LogP contribution in [0.15, 0.2) is 36.4 Å². The van der Waals surface area contributed by atoms with Crippen molar-refractivity contribution in [3.63, 3.8) is 0 Å². The van der Waals surface area contributed by atoms with Gasteiger partial charge in [-0.15, -0.1) is 0 Å². The van der Waals surface area contributed by atoms with Gasteiger partial charge in [0.25, 0.3) is 0 Å². The molecule has 1 aromatic heterocycles. The molecule has 0 saturated heterocycles. The molecule has 0 saturated carbocycles. The Morgan fingerprint density at radius 1 is 1.16 bits per heavy atom. The summed E-state index contributed by atoms with van der Waals surface area (Å²) in [6.45, 7) is 7.29. The number of para-hydroxylation sites is 1. The predicted molar refractivity (Wildman–Crippen MR) is 81.2 cm³/mol. The van der Waals surface area contributed by atoms with Gasteiger partial charge in [-0.3, -0.25) is 4.98 Å². The Labute approximate surface area is 115 Å². The Hall–Kier alpha value is -1.45. The average molecular weight is 257 g/mol. The summed E-state index contributed by atoms with van der Waals surface area (Å²) in [6, 6.07) is 12.9. The quantitative estimate of drug-likeness (QED) is 0.749. The summed E-state index contributed by atoms with van der Waals surface area (Å²) < 4.78 is 0. The van der Waals surface area contributed by atoms with E-state index in [1.807, 2.05) is 12.1 Å². The zero-order valence-corrected chi connectivity index (χ0v) is 11.8. The molecule has 1 unspecified atom stereocenters. The highest BCUT2D eigenvalue weighted by atomic mass is 15.0. The van der Waals surface area contributed by atoms with Gasteiger partial charge in [0, 0.05) is 24.5 Å². The van der Waals surface area contributed by atoms with Gasteiger partial charge in [0.15, 0.2) is 0 Å². The molecule has 1 aromatic carbocycles. The third-order valence-electron chi connectivity index (χ3n) is 3.17. The maximum absolute atomic E-state index is 4.66. The number of hydrogen-bond acceptors (Lipinski definition) is 3. The second kappa shape index (κ2) is 7.22. The SMILES string of the molecule is CCCNCC(C)NCc1ccc2ccccc2n1. The van der Waals surface area contributed by atoms with Crippen LogP contribution in [0.1, 0.15) is 26.0 Å². The van der Waals surface area contributed by atoms with E-state index in [-0.39, 0.29) is 0 Å². The molecule has 0 bridgehead atoms. The van der Waals surface area contributed by atoms with Crippen molar-refractivity contribution in [3.8, 4) is 0 Å². The topological polar surface area (TPSA) is 37.0 Å². The van der Waals surface area contributed by atoms with Gasteiger partial charge in [-0.2, -0.15) is 0 Å². The summed E-state index contributed by atoms with van der Waals surface area (Å²) in [5.74, 6) is 0. The Morgan fingerprint density at radius 3 is 2.84 bits per heavy atom. The van der Waals surface area contributed by atoms with Crippen molar-refractivity contribution in [1.82, 2.24) is 15.6 Å². The molecule has 2 aromatic rings. The fourth-order valence-electron chi connectivity index (χ4n) is 2.05. The first kappa shape index (κ1) is 14.0. The fraction of sp³-hybridized carbons (Fsp3) is 0.438. The van der Waals surface area contributed by atoms with E-state index in [0.29, 0.717) is 6.04 Å². The van der Waals surface area contributed by atoms with E-state index < -0.39 is 0 Å². The fourth-order valence-corrected chi connectivity index (χ4v) is 2.05. The van der Waals surface area contributed by atoms with Crippen molar-refractivity contribution in [1.29, 1.82) is 0 Å². The molecule has 1 atom stereocenters. The number of benzene rings is 1. The Bertz CT molecular complexity index is 510. The van der Waals surface area contributed by atoms with Crippen LogP contribution in [0.25, 0.3) is 10.9 Å². The molecule has 102 valence electrons. The van der Waals surface area contributed by atoms with E-state index in [9.17, 15) is 0 Å². The third kappa shape index (κ3) is 4.30. The molecular weight excluding hydrogens is 234 g/mol. The van der Waals surface area contributed by atoms with Crippen LogP contribution < -0.4 is 10.6 Å². The molecule has 0 amide bonds. The number of rotatable bonds is 7. The molecule has 0 aliphatic rings. The van der Waals surface area contributed by atoms with E-state index in [1.54, 1.807) is 0 Å². The molecular formula is C16H23N3. The number of nitrogens with zero attached hydrogens (tertiary/aromatic N) is 1. The standard InChI is InChI=1S/C16H23N3/c1-3-10-17-11-13(2)18-12-15-9-8-14-6-4-5-7-16(14)19-15/h4-9,13,17-18H,3,10-12H2,1-2H3. The second-order valence-corrected chi connectivity index (χ2v) is 4.98. The normalized spacial score (nSPS) is 12.7. The van der Waals surface area contributed by atoms with Crippen LogP contribution in [0.4, 0.5) is 0 Å². The average Bonchev–Trinajstić information content (AvgIpc) is 2.45. The van der Waals surface area contributed by atoms with Crippen LogP contribution in [0.5, 0.6) is 0 Å². The van der Waals surface area contributed by atoms with Gasteiger partial charge in [0.05, 0.1) is 11.2 Å². The lowest BCUT2D eigenvalue weighted by Gasteiger charge is -2.14. The summed E-state index contributed by atoms with van der Waals surface area (Å²) in [4.78, 5) is 4.66. The molecule has 2 rings (SSSR count). The molecule has 19 heavy (non-hydrogen) atoms. The summed E-state index contributed by atoms with van der Waals surface area (Å²) in [7, 11) is 0. The Kier molecular flexibility index (Phi) is 5.31. The van der Waals surface area contributed by atoms with Gasteiger partial charge in [-0.25, -0.2) is 0 Å². The van der Waals surface area contributed by atoms with Crippen molar-refractivity contribution >= 4 is 10.9 Å². The van der Waals surface area contributed by atoms with E-state index >= 15 is 0 Å². The monoisotopic (exact) mass is 257 g/mol. The zero-order chi connectivity index (χ0) is 13.5. The third-order valence-corrected chi connectivity index (χ3v) is 3.17. The van der Waals surface area contributed by atoms with Crippen LogP contribution in [-0.2, 0) is 6.54 Å². The van der Waals surface area contributed by atoms with Gasteiger partial charge in [0.1, 0.15) is 0 Å². The first-order valence-electron chi connectivity index (χ1n) is 7.08. The highest BCUT2D eigenvalue weighted by Gasteiger charge is 2.02. The Morgan fingerprint density at radius 2 is 2.00 bits per heavy atom. The first-order valence-corrected chi connectivity index (χ1v) is 7.08. The van der Waals surface area contributed by atoms with Crippen molar-refractivity contribution < 1.29 is 0 Å². The maximum Gasteiger partial charge on any atom is 0.0705 e. The molecule has 1 heterocycles. The molecule has 0 spiro atoms. The number of nitrogens with one attached hydrogen (secondary N) is 2. The van der Waals surface area contributed by atoms with Gasteiger partial charge in [0.2, 0.25) is 0 Å².